The summed E-state index contributed by atoms with van der Waals surface area (Å²) in [6.07, 6.45) is 6.18. The highest BCUT2D eigenvalue weighted by Gasteiger charge is 2.11. The van der Waals surface area contributed by atoms with E-state index in [1.165, 1.54) is 43.5 Å². The van der Waals surface area contributed by atoms with Gasteiger partial charge in [0.1, 0.15) is 12.4 Å². The molecule has 1 aliphatic rings. The zero-order valence-electron chi connectivity index (χ0n) is 17.0. The van der Waals surface area contributed by atoms with Gasteiger partial charge in [0.25, 0.3) is 5.91 Å². The Bertz CT molecular complexity index is 719. The van der Waals surface area contributed by atoms with E-state index < -0.39 is 0 Å². The molecule has 0 saturated carbocycles. The fourth-order valence-electron chi connectivity index (χ4n) is 3.61. The summed E-state index contributed by atoms with van der Waals surface area (Å²) in [4.78, 5) is 14.8. The first-order chi connectivity index (χ1) is 13.7. The second-order valence-corrected chi connectivity index (χ2v) is 7.53. The number of carbonyl (C=O) groups excluding carboxylic acids is 1. The number of nitrogens with one attached hydrogen (secondary N) is 1. The predicted molar refractivity (Wildman–Crippen MR) is 114 cm³/mol. The van der Waals surface area contributed by atoms with Gasteiger partial charge in [0.05, 0.1) is 6.54 Å². The van der Waals surface area contributed by atoms with Crippen molar-refractivity contribution >= 4 is 5.91 Å². The Morgan fingerprint density at radius 2 is 1.64 bits per heavy atom. The van der Waals surface area contributed by atoms with Gasteiger partial charge in [0.15, 0.2) is 0 Å². The fourth-order valence-corrected chi connectivity index (χ4v) is 3.61. The second-order valence-electron chi connectivity index (χ2n) is 7.53. The molecule has 150 valence electrons. The van der Waals surface area contributed by atoms with Crippen LogP contribution in [0.3, 0.4) is 0 Å². The molecule has 0 aliphatic carbocycles. The Morgan fingerprint density at radius 3 is 2.32 bits per heavy atom. The topological polar surface area (TPSA) is 41.6 Å². The highest BCUT2D eigenvalue weighted by atomic mass is 16.5. The van der Waals surface area contributed by atoms with E-state index in [1.54, 1.807) is 0 Å². The molecule has 1 heterocycles. The van der Waals surface area contributed by atoms with Gasteiger partial charge in [0, 0.05) is 12.1 Å². The van der Waals surface area contributed by atoms with Crippen LogP contribution in [0.25, 0.3) is 0 Å². The first kappa shape index (κ1) is 20.4. The molecule has 28 heavy (non-hydrogen) atoms. The summed E-state index contributed by atoms with van der Waals surface area (Å²) in [5.74, 6) is 0.794. The van der Waals surface area contributed by atoms with E-state index in [1.807, 2.05) is 24.3 Å². The van der Waals surface area contributed by atoms with Gasteiger partial charge in [-0.15, -0.1) is 0 Å². The number of hydrogen-bond donors (Lipinski definition) is 1. The van der Waals surface area contributed by atoms with Crippen LogP contribution in [0.5, 0.6) is 5.75 Å². The average Bonchev–Trinajstić information content (AvgIpc) is 2.74. The van der Waals surface area contributed by atoms with E-state index >= 15 is 0 Å². The number of aryl methyl sites for hydroxylation is 1. The van der Waals surface area contributed by atoms with Gasteiger partial charge >= 0.3 is 0 Å². The van der Waals surface area contributed by atoms with Crippen LogP contribution in [0.1, 0.15) is 54.1 Å². The predicted octanol–water partition coefficient (Wildman–Crippen LogP) is 4.43. The molecule has 1 aliphatic heterocycles. The van der Waals surface area contributed by atoms with E-state index in [-0.39, 0.29) is 5.91 Å². The molecule has 3 rings (SSSR count). The molecule has 1 N–H and O–H groups in total. The van der Waals surface area contributed by atoms with Crippen molar-refractivity contribution in [1.29, 1.82) is 0 Å². The van der Waals surface area contributed by atoms with E-state index in [0.717, 1.165) is 25.1 Å². The third-order valence-electron chi connectivity index (χ3n) is 5.19. The minimum absolute atomic E-state index is 0.0496. The molecule has 4 nitrogen and oxygen atoms in total. The first-order valence-electron chi connectivity index (χ1n) is 10.6. The Hall–Kier alpha value is -2.33. The molecule has 0 bridgehead atoms. The fraction of sp³-hybridized carbons (Fsp3) is 0.458. The highest BCUT2D eigenvalue weighted by molar-refractivity contribution is 5.94. The van der Waals surface area contributed by atoms with Gasteiger partial charge in [0.2, 0.25) is 0 Å². The molecule has 0 aromatic heterocycles. The largest absolute Gasteiger partial charge is 0.492 e. The number of likely N-dealkylation sites (tertiary alicyclic amines) is 1. The van der Waals surface area contributed by atoms with Crippen molar-refractivity contribution in [3.63, 3.8) is 0 Å². The van der Waals surface area contributed by atoms with Crippen LogP contribution < -0.4 is 10.1 Å². The van der Waals surface area contributed by atoms with Crippen molar-refractivity contribution in [3.05, 3.63) is 65.2 Å². The number of benzene rings is 2. The maximum Gasteiger partial charge on any atom is 0.251 e. The lowest BCUT2D eigenvalue weighted by Gasteiger charge is -2.26. The standard InChI is InChI=1S/C24H32N2O2/c1-2-6-20-9-13-23(14-10-20)28-18-15-25-24(27)22-11-7-21(8-12-22)19-26-16-4-3-5-17-26/h7-14H,2-6,15-19H2,1H3,(H,25,27). The van der Waals surface area contributed by atoms with Crippen LogP contribution in [0.15, 0.2) is 48.5 Å². The number of ether oxygens (including phenoxy) is 1. The third kappa shape index (κ3) is 6.38. The second kappa shape index (κ2) is 10.9. The van der Waals surface area contributed by atoms with Gasteiger partial charge in [-0.2, -0.15) is 0 Å². The normalized spacial score (nSPS) is 14.6. The van der Waals surface area contributed by atoms with Crippen molar-refractivity contribution in [2.45, 2.75) is 45.6 Å². The molecule has 1 saturated heterocycles. The Balaban J connectivity index is 1.38. The summed E-state index contributed by atoms with van der Waals surface area (Å²) in [6, 6.07) is 16.2. The van der Waals surface area contributed by atoms with Crippen LogP contribution in [-0.4, -0.2) is 37.0 Å². The van der Waals surface area contributed by atoms with Crippen molar-refractivity contribution in [2.24, 2.45) is 0 Å². The van der Waals surface area contributed by atoms with Gasteiger partial charge in [-0.25, -0.2) is 0 Å². The van der Waals surface area contributed by atoms with E-state index in [2.05, 4.69) is 41.4 Å². The first-order valence-corrected chi connectivity index (χ1v) is 10.6. The monoisotopic (exact) mass is 380 g/mol. The number of nitrogens with zero attached hydrogens (tertiary/aromatic N) is 1. The minimum atomic E-state index is -0.0496. The smallest absolute Gasteiger partial charge is 0.251 e. The Labute approximate surface area is 168 Å². The lowest BCUT2D eigenvalue weighted by molar-refractivity contribution is 0.0947. The zero-order valence-corrected chi connectivity index (χ0v) is 17.0. The summed E-state index contributed by atoms with van der Waals surface area (Å²) in [5, 5.41) is 2.93. The zero-order chi connectivity index (χ0) is 19.6. The van der Waals surface area contributed by atoms with Crippen LogP contribution in [0.2, 0.25) is 0 Å². The number of rotatable bonds is 9. The maximum atomic E-state index is 12.3. The van der Waals surface area contributed by atoms with Crippen LogP contribution >= 0.6 is 0 Å². The highest BCUT2D eigenvalue weighted by Crippen LogP contribution is 2.14. The summed E-state index contributed by atoms with van der Waals surface area (Å²) >= 11 is 0. The van der Waals surface area contributed by atoms with Crippen LogP contribution in [0.4, 0.5) is 0 Å². The number of piperidine rings is 1. The van der Waals surface area contributed by atoms with Gasteiger partial charge in [-0.05, 0) is 67.7 Å². The van der Waals surface area contributed by atoms with Gasteiger partial charge in [-0.3, -0.25) is 9.69 Å². The van der Waals surface area contributed by atoms with Gasteiger partial charge < -0.3 is 10.1 Å². The molecule has 1 fully saturated rings. The van der Waals surface area contributed by atoms with E-state index in [4.69, 9.17) is 4.74 Å². The van der Waals surface area contributed by atoms with Crippen molar-refractivity contribution in [1.82, 2.24) is 10.2 Å². The van der Waals surface area contributed by atoms with Crippen molar-refractivity contribution in [2.75, 3.05) is 26.2 Å². The summed E-state index contributed by atoms with van der Waals surface area (Å²) in [6.45, 7) is 6.48. The molecule has 0 radical (unpaired) electrons. The van der Waals surface area contributed by atoms with Crippen molar-refractivity contribution < 1.29 is 9.53 Å². The SMILES string of the molecule is CCCc1ccc(OCCNC(=O)c2ccc(CN3CCCCC3)cc2)cc1. The molecular formula is C24H32N2O2. The number of hydrogen-bond acceptors (Lipinski definition) is 3. The molecule has 2 aromatic rings. The molecular weight excluding hydrogens is 348 g/mol. The molecule has 4 heteroatoms. The maximum absolute atomic E-state index is 12.3. The van der Waals surface area contributed by atoms with E-state index in [0.29, 0.717) is 18.7 Å². The summed E-state index contributed by atoms with van der Waals surface area (Å²) in [5.41, 5.74) is 3.30. The molecule has 0 atom stereocenters. The van der Waals surface area contributed by atoms with Gasteiger partial charge in [-0.1, -0.05) is 44.0 Å². The lowest BCUT2D eigenvalue weighted by atomic mass is 10.1. The lowest BCUT2D eigenvalue weighted by Crippen LogP contribution is -2.29. The molecule has 0 unspecified atom stereocenters. The minimum Gasteiger partial charge on any atom is -0.492 e. The van der Waals surface area contributed by atoms with Crippen LogP contribution in [0, 0.1) is 0 Å². The Morgan fingerprint density at radius 1 is 0.964 bits per heavy atom. The van der Waals surface area contributed by atoms with Crippen molar-refractivity contribution in [3.8, 4) is 5.75 Å². The average molecular weight is 381 g/mol. The molecule has 2 aromatic carbocycles. The number of carbonyl (C=O) groups is 1. The third-order valence-corrected chi connectivity index (χ3v) is 5.19. The summed E-state index contributed by atoms with van der Waals surface area (Å²) in [7, 11) is 0. The van der Waals surface area contributed by atoms with Crippen LogP contribution in [-0.2, 0) is 13.0 Å². The Kier molecular flexibility index (Phi) is 7.92. The molecule has 0 spiro atoms. The molecule has 1 amide bonds. The quantitative estimate of drug-likeness (QED) is 0.654. The number of amides is 1. The summed E-state index contributed by atoms with van der Waals surface area (Å²) < 4.78 is 5.71. The van der Waals surface area contributed by atoms with E-state index in [9.17, 15) is 4.79 Å².